The molecule has 6 nitrogen and oxygen atoms in total. The Morgan fingerprint density at radius 3 is 2.58 bits per heavy atom. The minimum absolute atomic E-state index is 0.744. The molecule has 0 aliphatic carbocycles. The fraction of sp³-hybridized carbons (Fsp3) is 0.529. The summed E-state index contributed by atoms with van der Waals surface area (Å²) in [5.74, 6) is 0.867. The molecule has 7 heteroatoms. The van der Waals surface area contributed by atoms with Gasteiger partial charge in [0.15, 0.2) is 5.96 Å². The van der Waals surface area contributed by atoms with Crippen molar-refractivity contribution in [3.8, 4) is 0 Å². The fourth-order valence-corrected chi connectivity index (χ4v) is 3.18. The van der Waals surface area contributed by atoms with Crippen molar-refractivity contribution in [1.82, 2.24) is 24.6 Å². The van der Waals surface area contributed by atoms with Crippen molar-refractivity contribution in [2.75, 3.05) is 20.6 Å². The second-order valence-electron chi connectivity index (χ2n) is 6.11. The summed E-state index contributed by atoms with van der Waals surface area (Å²) in [4.78, 5) is 6.46. The van der Waals surface area contributed by atoms with Crippen LogP contribution >= 0.6 is 11.6 Å². The average molecular weight is 351 g/mol. The van der Waals surface area contributed by atoms with E-state index in [1.165, 1.54) is 11.3 Å². The molecule has 1 N–H and O–H groups in total. The SMILES string of the molecule is CN=C(NCCc1c(C)nn(C)c1C)N(C)Cc1cc(Cl)cn1C. The zero-order chi connectivity index (χ0) is 17.9. The Morgan fingerprint density at radius 2 is 2.08 bits per heavy atom. The van der Waals surface area contributed by atoms with E-state index in [1.54, 1.807) is 7.05 Å². The van der Waals surface area contributed by atoms with Crippen molar-refractivity contribution < 1.29 is 0 Å². The molecule has 0 bridgehead atoms. The zero-order valence-corrected chi connectivity index (χ0v) is 16.1. The summed E-state index contributed by atoms with van der Waals surface area (Å²) in [6, 6.07) is 1.98. The van der Waals surface area contributed by atoms with Gasteiger partial charge in [-0.15, -0.1) is 0 Å². The maximum Gasteiger partial charge on any atom is 0.193 e. The Bertz CT molecular complexity index is 728. The Kier molecular flexibility index (Phi) is 5.94. The third-order valence-electron chi connectivity index (χ3n) is 4.36. The number of halogens is 1. The summed E-state index contributed by atoms with van der Waals surface area (Å²) in [7, 11) is 7.81. The molecule has 24 heavy (non-hydrogen) atoms. The standard InChI is InChI=1S/C17H27ClN6/c1-12-16(13(2)24(6)21-12)7-8-20-17(19-3)23(5)11-15-9-14(18)10-22(15)4/h9-10H,7-8,11H2,1-6H3,(H,19,20). The first-order chi connectivity index (χ1) is 11.3. The van der Waals surface area contributed by atoms with Gasteiger partial charge in [0.05, 0.1) is 17.3 Å². The van der Waals surface area contributed by atoms with E-state index < -0.39 is 0 Å². The van der Waals surface area contributed by atoms with Crippen LogP contribution in [0.15, 0.2) is 17.3 Å². The lowest BCUT2D eigenvalue weighted by atomic mass is 10.1. The van der Waals surface area contributed by atoms with E-state index in [-0.39, 0.29) is 0 Å². The largest absolute Gasteiger partial charge is 0.356 e. The minimum atomic E-state index is 0.744. The number of rotatable bonds is 5. The highest BCUT2D eigenvalue weighted by atomic mass is 35.5. The van der Waals surface area contributed by atoms with Crippen LogP contribution < -0.4 is 5.32 Å². The van der Waals surface area contributed by atoms with E-state index in [2.05, 4.69) is 34.2 Å². The average Bonchev–Trinajstić information content (AvgIpc) is 2.95. The first kappa shape index (κ1) is 18.4. The number of nitrogens with zero attached hydrogens (tertiary/aromatic N) is 5. The van der Waals surface area contributed by atoms with Gasteiger partial charge in [-0.25, -0.2) is 0 Å². The topological polar surface area (TPSA) is 50.4 Å². The van der Waals surface area contributed by atoms with Crippen LogP contribution in [0.2, 0.25) is 5.02 Å². The van der Waals surface area contributed by atoms with Crippen LogP contribution in [0.3, 0.4) is 0 Å². The predicted molar refractivity (Wildman–Crippen MR) is 99.6 cm³/mol. The second-order valence-corrected chi connectivity index (χ2v) is 6.55. The normalized spacial score (nSPS) is 11.9. The zero-order valence-electron chi connectivity index (χ0n) is 15.4. The number of aromatic nitrogens is 3. The van der Waals surface area contributed by atoms with Crippen molar-refractivity contribution in [3.05, 3.63) is 39.9 Å². The molecule has 0 amide bonds. The summed E-state index contributed by atoms with van der Waals surface area (Å²) in [5.41, 5.74) is 4.76. The molecule has 0 unspecified atom stereocenters. The van der Waals surface area contributed by atoms with Crippen LogP contribution in [0.4, 0.5) is 0 Å². The van der Waals surface area contributed by atoms with Crippen molar-refractivity contribution in [1.29, 1.82) is 0 Å². The van der Waals surface area contributed by atoms with Gasteiger partial charge in [-0.3, -0.25) is 9.67 Å². The molecule has 2 aromatic heterocycles. The van der Waals surface area contributed by atoms with Gasteiger partial charge in [-0.05, 0) is 31.9 Å². The number of hydrogen-bond acceptors (Lipinski definition) is 2. The molecule has 132 valence electrons. The Morgan fingerprint density at radius 1 is 1.38 bits per heavy atom. The smallest absolute Gasteiger partial charge is 0.193 e. The van der Waals surface area contributed by atoms with Crippen LogP contribution in [0.1, 0.15) is 22.6 Å². The summed E-state index contributed by atoms with van der Waals surface area (Å²) >= 11 is 6.05. The van der Waals surface area contributed by atoms with Crippen LogP contribution in [-0.4, -0.2) is 45.8 Å². The molecule has 2 rings (SSSR count). The highest BCUT2D eigenvalue weighted by molar-refractivity contribution is 6.30. The predicted octanol–water partition coefficient (Wildman–Crippen LogP) is 2.28. The van der Waals surface area contributed by atoms with E-state index in [4.69, 9.17) is 11.6 Å². The lowest BCUT2D eigenvalue weighted by Crippen LogP contribution is -2.39. The quantitative estimate of drug-likeness (QED) is 0.665. The summed E-state index contributed by atoms with van der Waals surface area (Å²) in [6.45, 7) is 5.73. The molecule has 0 aliphatic heterocycles. The molecule has 0 spiro atoms. The van der Waals surface area contributed by atoms with Gasteiger partial charge in [-0.2, -0.15) is 5.10 Å². The number of guanidine groups is 1. The molecule has 0 aromatic carbocycles. The third kappa shape index (κ3) is 4.12. The maximum atomic E-state index is 6.05. The Hall–Kier alpha value is -1.95. The lowest BCUT2D eigenvalue weighted by Gasteiger charge is -2.22. The van der Waals surface area contributed by atoms with Gasteiger partial charge in [-0.1, -0.05) is 11.6 Å². The van der Waals surface area contributed by atoms with E-state index in [0.29, 0.717) is 0 Å². The highest BCUT2D eigenvalue weighted by Gasteiger charge is 2.12. The van der Waals surface area contributed by atoms with Crippen molar-refractivity contribution >= 4 is 17.6 Å². The molecule has 0 aliphatic rings. The first-order valence-corrected chi connectivity index (χ1v) is 8.42. The minimum Gasteiger partial charge on any atom is -0.356 e. The van der Waals surface area contributed by atoms with Gasteiger partial charge < -0.3 is 14.8 Å². The van der Waals surface area contributed by atoms with Crippen molar-refractivity contribution in [2.45, 2.75) is 26.8 Å². The van der Waals surface area contributed by atoms with Crippen LogP contribution in [-0.2, 0) is 27.1 Å². The molecular weight excluding hydrogens is 324 g/mol. The number of aryl methyl sites for hydroxylation is 3. The summed E-state index contributed by atoms with van der Waals surface area (Å²) in [5, 5.41) is 8.64. The molecule has 0 fully saturated rings. The van der Waals surface area contributed by atoms with E-state index in [0.717, 1.165) is 41.9 Å². The highest BCUT2D eigenvalue weighted by Crippen LogP contribution is 2.14. The maximum absolute atomic E-state index is 6.05. The lowest BCUT2D eigenvalue weighted by molar-refractivity contribution is 0.462. The van der Waals surface area contributed by atoms with Crippen LogP contribution in [0.5, 0.6) is 0 Å². The van der Waals surface area contributed by atoms with Crippen molar-refractivity contribution in [3.63, 3.8) is 0 Å². The molecular formula is C17H27ClN6. The fourth-order valence-electron chi connectivity index (χ4n) is 2.90. The molecule has 0 atom stereocenters. The van der Waals surface area contributed by atoms with E-state index in [9.17, 15) is 0 Å². The third-order valence-corrected chi connectivity index (χ3v) is 4.57. The van der Waals surface area contributed by atoms with Gasteiger partial charge >= 0.3 is 0 Å². The first-order valence-electron chi connectivity index (χ1n) is 8.05. The number of aliphatic imine (C=N–C) groups is 1. The van der Waals surface area contributed by atoms with Gasteiger partial charge in [0.2, 0.25) is 0 Å². The summed E-state index contributed by atoms with van der Waals surface area (Å²) in [6.07, 6.45) is 2.84. The van der Waals surface area contributed by atoms with Gasteiger partial charge in [0.25, 0.3) is 0 Å². The summed E-state index contributed by atoms with van der Waals surface area (Å²) < 4.78 is 3.97. The van der Waals surface area contributed by atoms with Crippen molar-refractivity contribution in [2.24, 2.45) is 19.1 Å². The van der Waals surface area contributed by atoms with E-state index >= 15 is 0 Å². The van der Waals surface area contributed by atoms with E-state index in [1.807, 2.05) is 42.7 Å². The molecule has 2 heterocycles. The monoisotopic (exact) mass is 350 g/mol. The molecule has 0 saturated heterocycles. The Balaban J connectivity index is 1.93. The second kappa shape index (κ2) is 7.75. The molecule has 0 radical (unpaired) electrons. The van der Waals surface area contributed by atoms with Crippen LogP contribution in [0, 0.1) is 13.8 Å². The Labute approximate surface area is 149 Å². The molecule has 0 saturated carbocycles. The van der Waals surface area contributed by atoms with Gasteiger partial charge in [0, 0.05) is 52.3 Å². The molecule has 2 aromatic rings. The van der Waals surface area contributed by atoms with Gasteiger partial charge in [0.1, 0.15) is 0 Å². The number of nitrogens with one attached hydrogen (secondary N) is 1. The van der Waals surface area contributed by atoms with Crippen LogP contribution in [0.25, 0.3) is 0 Å². The number of hydrogen-bond donors (Lipinski definition) is 1.